The summed E-state index contributed by atoms with van der Waals surface area (Å²) >= 11 is 0. The smallest absolute Gasteiger partial charge is 0.119 e. The molecule has 0 bridgehead atoms. The zero-order valence-corrected chi connectivity index (χ0v) is 11.2. The third-order valence-corrected chi connectivity index (χ3v) is 3.00. The van der Waals surface area contributed by atoms with Gasteiger partial charge in [0.1, 0.15) is 5.75 Å². The van der Waals surface area contributed by atoms with Crippen LogP contribution in [0.3, 0.4) is 0 Å². The Kier molecular flexibility index (Phi) is 4.57. The van der Waals surface area contributed by atoms with Gasteiger partial charge in [-0.15, -0.1) is 0 Å². The highest BCUT2D eigenvalue weighted by molar-refractivity contribution is 5.33. The molecule has 17 heavy (non-hydrogen) atoms. The Morgan fingerprint density at radius 2 is 1.94 bits per heavy atom. The Bertz CT molecular complexity index is 415. The first kappa shape index (κ1) is 13.6. The predicted octanol–water partition coefficient (Wildman–Crippen LogP) is 4.01. The van der Waals surface area contributed by atoms with Gasteiger partial charge >= 0.3 is 0 Å². The van der Waals surface area contributed by atoms with Crippen LogP contribution in [0.25, 0.3) is 0 Å². The van der Waals surface area contributed by atoms with Gasteiger partial charge in [-0.05, 0) is 63.8 Å². The summed E-state index contributed by atoms with van der Waals surface area (Å²) in [6.07, 6.45) is 1.78. The molecule has 1 aromatic rings. The van der Waals surface area contributed by atoms with E-state index in [1.54, 1.807) is 0 Å². The van der Waals surface area contributed by atoms with Crippen molar-refractivity contribution in [3.05, 3.63) is 29.3 Å². The quantitative estimate of drug-likeness (QED) is 0.717. The number of hydrogen-bond donors (Lipinski definition) is 0. The molecule has 0 amide bonds. The molecule has 2 heteroatoms. The minimum atomic E-state index is -0.243. The third kappa shape index (κ3) is 4.48. The van der Waals surface area contributed by atoms with Gasteiger partial charge in [0.25, 0.3) is 0 Å². The molecule has 0 unspecified atom stereocenters. The van der Waals surface area contributed by atoms with E-state index < -0.39 is 0 Å². The summed E-state index contributed by atoms with van der Waals surface area (Å²) < 4.78 is 5.67. The summed E-state index contributed by atoms with van der Waals surface area (Å²) in [5.74, 6) is 0.919. The average Bonchev–Trinajstić information content (AvgIpc) is 2.29. The van der Waals surface area contributed by atoms with Crippen LogP contribution in [0.4, 0.5) is 0 Å². The number of ether oxygens (including phenoxy) is 1. The molecule has 0 spiro atoms. The topological polar surface area (TPSA) is 33.0 Å². The average molecular weight is 231 g/mol. The minimum absolute atomic E-state index is 0.243. The fourth-order valence-electron chi connectivity index (χ4n) is 1.56. The molecular formula is C15H21NO. The largest absolute Gasteiger partial charge is 0.494 e. The molecule has 0 saturated carbocycles. The number of hydrogen-bond acceptors (Lipinski definition) is 2. The second kappa shape index (κ2) is 5.72. The van der Waals surface area contributed by atoms with Gasteiger partial charge < -0.3 is 4.74 Å². The number of nitrogens with zero attached hydrogens (tertiary/aromatic N) is 1. The Morgan fingerprint density at radius 3 is 2.53 bits per heavy atom. The Labute approximate surface area is 104 Å². The van der Waals surface area contributed by atoms with E-state index in [-0.39, 0.29) is 5.41 Å². The molecule has 0 aromatic heterocycles. The van der Waals surface area contributed by atoms with Crippen molar-refractivity contribution in [3.8, 4) is 11.8 Å². The first-order chi connectivity index (χ1) is 7.94. The monoisotopic (exact) mass is 231 g/mol. The second-order valence-electron chi connectivity index (χ2n) is 5.19. The van der Waals surface area contributed by atoms with E-state index in [0.29, 0.717) is 6.61 Å². The maximum Gasteiger partial charge on any atom is 0.119 e. The van der Waals surface area contributed by atoms with Gasteiger partial charge in [0.15, 0.2) is 0 Å². The SMILES string of the molecule is Cc1ccc(OCCCC(C)(C)C#N)cc1C. The van der Waals surface area contributed by atoms with Crippen molar-refractivity contribution in [3.63, 3.8) is 0 Å². The van der Waals surface area contributed by atoms with Crippen LogP contribution < -0.4 is 4.74 Å². The van der Waals surface area contributed by atoms with Crippen molar-refractivity contribution in [1.29, 1.82) is 5.26 Å². The van der Waals surface area contributed by atoms with Crippen LogP contribution in [0.5, 0.6) is 5.75 Å². The lowest BCUT2D eigenvalue weighted by Crippen LogP contribution is -2.10. The fraction of sp³-hybridized carbons (Fsp3) is 0.533. The van der Waals surface area contributed by atoms with Crippen molar-refractivity contribution < 1.29 is 4.74 Å². The van der Waals surface area contributed by atoms with Crippen molar-refractivity contribution in [2.75, 3.05) is 6.61 Å². The molecule has 0 saturated heterocycles. The van der Waals surface area contributed by atoms with Crippen molar-refractivity contribution in [1.82, 2.24) is 0 Å². The number of aryl methyl sites for hydroxylation is 2. The number of benzene rings is 1. The van der Waals surface area contributed by atoms with E-state index in [0.717, 1.165) is 18.6 Å². The van der Waals surface area contributed by atoms with E-state index in [4.69, 9.17) is 10.00 Å². The first-order valence-corrected chi connectivity index (χ1v) is 6.06. The second-order valence-corrected chi connectivity index (χ2v) is 5.19. The van der Waals surface area contributed by atoms with Crippen LogP contribution in [0.2, 0.25) is 0 Å². The lowest BCUT2D eigenvalue weighted by molar-refractivity contribution is 0.284. The number of nitriles is 1. The molecule has 2 nitrogen and oxygen atoms in total. The molecule has 0 radical (unpaired) electrons. The maximum absolute atomic E-state index is 8.89. The highest BCUT2D eigenvalue weighted by atomic mass is 16.5. The molecular weight excluding hydrogens is 210 g/mol. The van der Waals surface area contributed by atoms with Crippen LogP contribution in [0, 0.1) is 30.6 Å². The zero-order valence-electron chi connectivity index (χ0n) is 11.2. The summed E-state index contributed by atoms with van der Waals surface area (Å²) in [6, 6.07) is 8.43. The van der Waals surface area contributed by atoms with Crippen molar-refractivity contribution in [2.45, 2.75) is 40.5 Å². The molecule has 0 heterocycles. The third-order valence-electron chi connectivity index (χ3n) is 3.00. The van der Waals surface area contributed by atoms with Crippen LogP contribution in [0.15, 0.2) is 18.2 Å². The molecule has 1 rings (SSSR count). The molecule has 0 atom stereocenters. The summed E-state index contributed by atoms with van der Waals surface area (Å²) in [4.78, 5) is 0. The molecule has 0 N–H and O–H groups in total. The van der Waals surface area contributed by atoms with Crippen LogP contribution >= 0.6 is 0 Å². The highest BCUT2D eigenvalue weighted by Gasteiger charge is 2.15. The van der Waals surface area contributed by atoms with Gasteiger partial charge in [0.2, 0.25) is 0 Å². The molecule has 1 aromatic carbocycles. The lowest BCUT2D eigenvalue weighted by atomic mass is 9.90. The van der Waals surface area contributed by atoms with Gasteiger partial charge in [-0.3, -0.25) is 0 Å². The molecule has 0 aliphatic heterocycles. The van der Waals surface area contributed by atoms with Crippen LogP contribution in [-0.4, -0.2) is 6.61 Å². The van der Waals surface area contributed by atoms with E-state index in [2.05, 4.69) is 32.0 Å². The Hall–Kier alpha value is -1.49. The first-order valence-electron chi connectivity index (χ1n) is 6.06. The standard InChI is InChI=1S/C15H21NO/c1-12-6-7-14(10-13(12)2)17-9-5-8-15(3,4)11-16/h6-7,10H,5,8-9H2,1-4H3. The molecule has 0 aliphatic rings. The van der Waals surface area contributed by atoms with Gasteiger partial charge in [-0.1, -0.05) is 6.07 Å². The van der Waals surface area contributed by atoms with E-state index in [1.807, 2.05) is 19.9 Å². The molecule has 0 aliphatic carbocycles. The summed E-state index contributed by atoms with van der Waals surface area (Å²) in [5.41, 5.74) is 2.29. The number of rotatable bonds is 5. The van der Waals surface area contributed by atoms with Gasteiger partial charge in [0.05, 0.1) is 18.1 Å². The van der Waals surface area contributed by atoms with Gasteiger partial charge in [0, 0.05) is 0 Å². The molecule has 92 valence electrons. The van der Waals surface area contributed by atoms with E-state index >= 15 is 0 Å². The van der Waals surface area contributed by atoms with Crippen LogP contribution in [0.1, 0.15) is 37.8 Å². The summed E-state index contributed by atoms with van der Waals surface area (Å²) in [5, 5.41) is 8.89. The normalized spacial score (nSPS) is 11.0. The van der Waals surface area contributed by atoms with Crippen molar-refractivity contribution in [2.24, 2.45) is 5.41 Å². The van der Waals surface area contributed by atoms with Crippen LogP contribution in [-0.2, 0) is 0 Å². The Morgan fingerprint density at radius 1 is 1.24 bits per heavy atom. The highest BCUT2D eigenvalue weighted by Crippen LogP contribution is 2.21. The summed E-state index contributed by atoms with van der Waals surface area (Å²) in [7, 11) is 0. The fourth-order valence-corrected chi connectivity index (χ4v) is 1.56. The lowest BCUT2D eigenvalue weighted by Gasteiger charge is -2.15. The minimum Gasteiger partial charge on any atom is -0.494 e. The zero-order chi connectivity index (χ0) is 12.9. The van der Waals surface area contributed by atoms with Gasteiger partial charge in [-0.25, -0.2) is 0 Å². The van der Waals surface area contributed by atoms with Crippen molar-refractivity contribution >= 4 is 0 Å². The van der Waals surface area contributed by atoms with E-state index in [1.165, 1.54) is 11.1 Å². The van der Waals surface area contributed by atoms with Gasteiger partial charge in [-0.2, -0.15) is 5.26 Å². The summed E-state index contributed by atoms with van der Waals surface area (Å²) in [6.45, 7) is 8.77. The van der Waals surface area contributed by atoms with E-state index in [9.17, 15) is 0 Å². The maximum atomic E-state index is 8.89. The molecule has 0 fully saturated rings. The predicted molar refractivity (Wildman–Crippen MR) is 70.0 cm³/mol. The Balaban J connectivity index is 2.37.